The van der Waals surface area contributed by atoms with Crippen LogP contribution in [0.4, 0.5) is 0 Å². The van der Waals surface area contributed by atoms with Gasteiger partial charge >= 0.3 is 0 Å². The number of hydrogen-bond donors (Lipinski definition) is 1. The molecule has 1 saturated heterocycles. The molecule has 2 rings (SSSR count). The zero-order chi connectivity index (χ0) is 13.0. The van der Waals surface area contributed by atoms with Gasteiger partial charge in [0, 0.05) is 45.1 Å². The molecule has 102 valence electrons. The van der Waals surface area contributed by atoms with Gasteiger partial charge in [0.15, 0.2) is 0 Å². The molecule has 1 aliphatic rings. The van der Waals surface area contributed by atoms with Gasteiger partial charge in [0.25, 0.3) is 0 Å². The highest BCUT2D eigenvalue weighted by Crippen LogP contribution is 2.22. The molecule has 0 amide bonds. The van der Waals surface area contributed by atoms with E-state index in [1.807, 2.05) is 0 Å². The first-order valence-corrected chi connectivity index (χ1v) is 7.15. The summed E-state index contributed by atoms with van der Waals surface area (Å²) in [6, 6.07) is 2.25. The van der Waals surface area contributed by atoms with Crippen molar-refractivity contribution in [2.24, 2.45) is 0 Å². The van der Waals surface area contributed by atoms with E-state index in [9.17, 15) is 0 Å². The van der Waals surface area contributed by atoms with Crippen molar-refractivity contribution < 1.29 is 0 Å². The second kappa shape index (κ2) is 5.89. The smallest absolute Gasteiger partial charge is 0.0231 e. The number of aromatic nitrogens is 1. The first kappa shape index (κ1) is 13.6. The Morgan fingerprint density at radius 2 is 1.89 bits per heavy atom. The molecule has 0 bridgehead atoms. The molecule has 0 spiro atoms. The van der Waals surface area contributed by atoms with Crippen LogP contribution >= 0.6 is 0 Å². The number of nitrogens with one attached hydrogen (secondary N) is 1. The summed E-state index contributed by atoms with van der Waals surface area (Å²) in [5.74, 6) is 0. The standard InChI is InChI=1S/C15H27N3/c1-15(2,3)14-5-10-18(13-14)9-4-8-17-11-6-16-7-12-17/h5,10,13,16H,4,6-9,11-12H2,1-3H3. The third-order valence-electron chi connectivity index (χ3n) is 3.72. The van der Waals surface area contributed by atoms with E-state index in [-0.39, 0.29) is 5.41 Å². The van der Waals surface area contributed by atoms with Crippen LogP contribution in [-0.2, 0) is 12.0 Å². The maximum atomic E-state index is 3.40. The lowest BCUT2D eigenvalue weighted by Crippen LogP contribution is -2.43. The van der Waals surface area contributed by atoms with Crippen molar-refractivity contribution >= 4 is 0 Å². The number of hydrogen-bond acceptors (Lipinski definition) is 2. The van der Waals surface area contributed by atoms with Gasteiger partial charge in [0.05, 0.1) is 0 Å². The van der Waals surface area contributed by atoms with Gasteiger partial charge in [-0.3, -0.25) is 0 Å². The predicted molar refractivity (Wildman–Crippen MR) is 77.1 cm³/mol. The van der Waals surface area contributed by atoms with Crippen LogP contribution in [0, 0.1) is 0 Å². The Bertz CT molecular complexity index is 356. The average molecular weight is 249 g/mol. The molecule has 2 heterocycles. The van der Waals surface area contributed by atoms with Crippen molar-refractivity contribution in [1.29, 1.82) is 0 Å². The molecule has 1 N–H and O–H groups in total. The lowest BCUT2D eigenvalue weighted by atomic mass is 9.89. The van der Waals surface area contributed by atoms with E-state index in [2.05, 4.69) is 54.0 Å². The lowest BCUT2D eigenvalue weighted by Gasteiger charge is -2.27. The molecule has 3 nitrogen and oxygen atoms in total. The minimum atomic E-state index is 0.268. The molecule has 0 radical (unpaired) electrons. The molecule has 0 atom stereocenters. The summed E-state index contributed by atoms with van der Waals surface area (Å²) in [7, 11) is 0. The number of rotatable bonds is 4. The Hall–Kier alpha value is -0.800. The average Bonchev–Trinajstić information content (AvgIpc) is 2.79. The van der Waals surface area contributed by atoms with Crippen LogP contribution in [0.5, 0.6) is 0 Å². The predicted octanol–water partition coefficient (Wildman–Crippen LogP) is 2.08. The second-order valence-electron chi connectivity index (χ2n) is 6.33. The summed E-state index contributed by atoms with van der Waals surface area (Å²) in [5.41, 5.74) is 1.70. The van der Waals surface area contributed by atoms with Crippen molar-refractivity contribution in [2.75, 3.05) is 32.7 Å². The van der Waals surface area contributed by atoms with E-state index >= 15 is 0 Å². The molecule has 0 saturated carbocycles. The maximum absolute atomic E-state index is 3.40. The van der Waals surface area contributed by atoms with E-state index < -0.39 is 0 Å². The van der Waals surface area contributed by atoms with Gasteiger partial charge in [0.2, 0.25) is 0 Å². The summed E-state index contributed by atoms with van der Waals surface area (Å²) in [4.78, 5) is 2.56. The van der Waals surface area contributed by atoms with E-state index in [1.54, 1.807) is 0 Å². The fourth-order valence-corrected chi connectivity index (χ4v) is 2.44. The van der Waals surface area contributed by atoms with E-state index in [1.165, 1.54) is 31.6 Å². The molecule has 3 heteroatoms. The molecule has 0 aromatic carbocycles. The summed E-state index contributed by atoms with van der Waals surface area (Å²) in [6.45, 7) is 13.9. The highest BCUT2D eigenvalue weighted by atomic mass is 15.2. The van der Waals surface area contributed by atoms with Crippen LogP contribution < -0.4 is 5.32 Å². The van der Waals surface area contributed by atoms with Crippen molar-refractivity contribution in [2.45, 2.75) is 39.2 Å². The second-order valence-corrected chi connectivity index (χ2v) is 6.33. The lowest BCUT2D eigenvalue weighted by molar-refractivity contribution is 0.234. The zero-order valence-electron chi connectivity index (χ0n) is 12.1. The fourth-order valence-electron chi connectivity index (χ4n) is 2.44. The Morgan fingerprint density at radius 1 is 1.17 bits per heavy atom. The quantitative estimate of drug-likeness (QED) is 0.881. The Balaban J connectivity index is 1.74. The van der Waals surface area contributed by atoms with Crippen molar-refractivity contribution in [1.82, 2.24) is 14.8 Å². The maximum Gasteiger partial charge on any atom is 0.0231 e. The molecule has 1 fully saturated rings. The Labute approximate surface area is 111 Å². The van der Waals surface area contributed by atoms with Gasteiger partial charge in [-0.1, -0.05) is 20.8 Å². The SMILES string of the molecule is CC(C)(C)c1ccn(CCCN2CCNCC2)c1. The Kier molecular flexibility index (Phi) is 4.46. The first-order valence-electron chi connectivity index (χ1n) is 7.15. The topological polar surface area (TPSA) is 20.2 Å². The van der Waals surface area contributed by atoms with Gasteiger partial charge in [0.1, 0.15) is 0 Å². The highest BCUT2D eigenvalue weighted by molar-refractivity contribution is 5.19. The van der Waals surface area contributed by atoms with E-state index in [0.717, 1.165) is 19.6 Å². The third kappa shape index (κ3) is 3.85. The van der Waals surface area contributed by atoms with Gasteiger partial charge in [-0.05, 0) is 30.0 Å². The molecule has 1 aromatic heterocycles. The Morgan fingerprint density at radius 3 is 2.50 bits per heavy atom. The largest absolute Gasteiger partial charge is 0.354 e. The molecule has 18 heavy (non-hydrogen) atoms. The number of aryl methyl sites for hydroxylation is 1. The van der Waals surface area contributed by atoms with Gasteiger partial charge in [-0.2, -0.15) is 0 Å². The van der Waals surface area contributed by atoms with E-state index in [0.29, 0.717) is 0 Å². The third-order valence-corrected chi connectivity index (χ3v) is 3.72. The van der Waals surface area contributed by atoms with Crippen LogP contribution in [-0.4, -0.2) is 42.2 Å². The van der Waals surface area contributed by atoms with Crippen LogP contribution in [0.3, 0.4) is 0 Å². The normalized spacial score (nSPS) is 18.2. The van der Waals surface area contributed by atoms with Crippen molar-refractivity contribution in [3.63, 3.8) is 0 Å². The molecule has 0 unspecified atom stereocenters. The molecule has 1 aromatic rings. The molecule has 1 aliphatic heterocycles. The van der Waals surface area contributed by atoms with Gasteiger partial charge in [-0.25, -0.2) is 0 Å². The van der Waals surface area contributed by atoms with Crippen LogP contribution in [0.15, 0.2) is 18.5 Å². The summed E-state index contributed by atoms with van der Waals surface area (Å²) in [5, 5.41) is 3.40. The van der Waals surface area contributed by atoms with Gasteiger partial charge < -0.3 is 14.8 Å². The van der Waals surface area contributed by atoms with Crippen LogP contribution in [0.1, 0.15) is 32.8 Å². The molecule has 0 aliphatic carbocycles. The minimum absolute atomic E-state index is 0.268. The van der Waals surface area contributed by atoms with Crippen LogP contribution in [0.2, 0.25) is 0 Å². The monoisotopic (exact) mass is 249 g/mol. The van der Waals surface area contributed by atoms with E-state index in [4.69, 9.17) is 0 Å². The van der Waals surface area contributed by atoms with Crippen LogP contribution in [0.25, 0.3) is 0 Å². The fraction of sp³-hybridized carbons (Fsp3) is 0.733. The minimum Gasteiger partial charge on any atom is -0.354 e. The summed E-state index contributed by atoms with van der Waals surface area (Å²) >= 11 is 0. The number of piperazine rings is 1. The van der Waals surface area contributed by atoms with Crippen molar-refractivity contribution in [3.05, 3.63) is 24.0 Å². The summed E-state index contributed by atoms with van der Waals surface area (Å²) < 4.78 is 2.34. The zero-order valence-corrected chi connectivity index (χ0v) is 12.1. The first-order chi connectivity index (χ1) is 8.55. The highest BCUT2D eigenvalue weighted by Gasteiger charge is 2.14. The van der Waals surface area contributed by atoms with Gasteiger partial charge in [-0.15, -0.1) is 0 Å². The number of nitrogens with zero attached hydrogens (tertiary/aromatic N) is 2. The molecular formula is C15H27N3. The molecular weight excluding hydrogens is 222 g/mol. The van der Waals surface area contributed by atoms with Crippen molar-refractivity contribution in [3.8, 4) is 0 Å². The summed E-state index contributed by atoms with van der Waals surface area (Å²) in [6.07, 6.45) is 5.77.